The molecule has 0 spiro atoms. The molecule has 22 heavy (non-hydrogen) atoms. The molecule has 0 aromatic carbocycles. The topological polar surface area (TPSA) is 43.4 Å². The maximum absolute atomic E-state index is 12.6. The Bertz CT molecular complexity index is 338. The normalized spacial score (nSPS) is 26.7. The summed E-state index contributed by atoms with van der Waals surface area (Å²) in [5.74, 6) is -0.231. The molecule has 0 aliphatic heterocycles. The van der Waals surface area contributed by atoms with E-state index in [1.807, 2.05) is 0 Å². The van der Waals surface area contributed by atoms with Crippen LogP contribution in [0.1, 0.15) is 97.3 Å². The highest BCUT2D eigenvalue weighted by Crippen LogP contribution is 2.30. The highest BCUT2D eigenvalue weighted by Gasteiger charge is 2.40. The maximum Gasteiger partial charge on any atom is 0.319 e. The van der Waals surface area contributed by atoms with E-state index in [0.717, 1.165) is 25.7 Å². The average molecular weight is 310 g/mol. The predicted molar refractivity (Wildman–Crippen MR) is 89.8 cm³/mol. The first-order chi connectivity index (χ1) is 10.6. The smallest absolute Gasteiger partial charge is 0.319 e. The average Bonchev–Trinajstić information content (AvgIpc) is 2.51. The fourth-order valence-electron chi connectivity index (χ4n) is 3.28. The number of hydrogen-bond donors (Lipinski definition) is 0. The van der Waals surface area contributed by atoms with Gasteiger partial charge in [0, 0.05) is 6.42 Å². The lowest BCUT2D eigenvalue weighted by atomic mass is 9.78. The molecule has 1 fully saturated rings. The second-order valence-electron chi connectivity index (χ2n) is 6.86. The molecular formula is C19H34O3. The zero-order valence-corrected chi connectivity index (χ0v) is 14.6. The summed E-state index contributed by atoms with van der Waals surface area (Å²) < 4.78 is 5.18. The standard InChI is InChI=1S/C19H34O3/c1-3-22-18(21)19(2)16-14-12-10-8-6-4-5-7-9-11-13-15-17(19)20/h3-16H2,1-2H3. The van der Waals surface area contributed by atoms with E-state index in [4.69, 9.17) is 4.74 Å². The van der Waals surface area contributed by atoms with Crippen molar-refractivity contribution in [2.45, 2.75) is 97.3 Å². The molecule has 1 rings (SSSR count). The van der Waals surface area contributed by atoms with Crippen LogP contribution >= 0.6 is 0 Å². The second kappa shape index (κ2) is 10.8. The van der Waals surface area contributed by atoms with E-state index in [2.05, 4.69) is 0 Å². The van der Waals surface area contributed by atoms with Crippen molar-refractivity contribution >= 4 is 11.8 Å². The summed E-state index contributed by atoms with van der Waals surface area (Å²) in [4.78, 5) is 24.9. The summed E-state index contributed by atoms with van der Waals surface area (Å²) in [6.07, 6.45) is 14.2. The van der Waals surface area contributed by atoms with E-state index >= 15 is 0 Å². The quantitative estimate of drug-likeness (QED) is 0.519. The van der Waals surface area contributed by atoms with Gasteiger partial charge in [0.2, 0.25) is 0 Å². The van der Waals surface area contributed by atoms with Crippen LogP contribution in [0.5, 0.6) is 0 Å². The van der Waals surface area contributed by atoms with Gasteiger partial charge in [-0.2, -0.15) is 0 Å². The fraction of sp³-hybridized carbons (Fsp3) is 0.895. The van der Waals surface area contributed by atoms with Gasteiger partial charge < -0.3 is 4.74 Å². The van der Waals surface area contributed by atoms with Crippen molar-refractivity contribution in [1.29, 1.82) is 0 Å². The molecule has 1 aliphatic carbocycles. The van der Waals surface area contributed by atoms with Crippen molar-refractivity contribution in [3.05, 3.63) is 0 Å². The van der Waals surface area contributed by atoms with Gasteiger partial charge >= 0.3 is 5.97 Å². The van der Waals surface area contributed by atoms with Crippen molar-refractivity contribution in [2.24, 2.45) is 5.41 Å². The van der Waals surface area contributed by atoms with Gasteiger partial charge in [0.05, 0.1) is 6.61 Å². The molecule has 1 saturated carbocycles. The van der Waals surface area contributed by atoms with Crippen molar-refractivity contribution < 1.29 is 14.3 Å². The zero-order valence-electron chi connectivity index (χ0n) is 14.6. The van der Waals surface area contributed by atoms with Crippen LogP contribution in [-0.2, 0) is 14.3 Å². The Hall–Kier alpha value is -0.860. The first-order valence-electron chi connectivity index (χ1n) is 9.32. The highest BCUT2D eigenvalue weighted by molar-refractivity contribution is 6.03. The van der Waals surface area contributed by atoms with Gasteiger partial charge in [0.25, 0.3) is 0 Å². The Balaban J connectivity index is 2.64. The first kappa shape index (κ1) is 19.2. The Labute approximate surface area is 136 Å². The minimum Gasteiger partial charge on any atom is -0.465 e. The SMILES string of the molecule is CCOC(=O)C1(C)CCCCCCCCCCCCCC1=O. The molecule has 0 amide bonds. The fourth-order valence-corrected chi connectivity index (χ4v) is 3.28. The molecule has 1 aliphatic rings. The van der Waals surface area contributed by atoms with Gasteiger partial charge in [0.15, 0.2) is 0 Å². The summed E-state index contributed by atoms with van der Waals surface area (Å²) >= 11 is 0. The first-order valence-corrected chi connectivity index (χ1v) is 9.32. The summed E-state index contributed by atoms with van der Waals surface area (Å²) in [7, 11) is 0. The molecule has 128 valence electrons. The summed E-state index contributed by atoms with van der Waals surface area (Å²) in [6.45, 7) is 3.95. The lowest BCUT2D eigenvalue weighted by molar-refractivity contribution is -0.159. The molecule has 0 N–H and O–H groups in total. The molecule has 0 saturated heterocycles. The summed E-state index contributed by atoms with van der Waals surface area (Å²) in [5, 5.41) is 0. The van der Waals surface area contributed by atoms with Gasteiger partial charge in [-0.3, -0.25) is 9.59 Å². The molecule has 0 aromatic rings. The minimum atomic E-state index is -0.920. The van der Waals surface area contributed by atoms with Crippen LogP contribution in [0.2, 0.25) is 0 Å². The number of carbonyl (C=O) groups is 2. The molecule has 0 bridgehead atoms. The Morgan fingerprint density at radius 1 is 0.909 bits per heavy atom. The van der Waals surface area contributed by atoms with E-state index in [1.165, 1.54) is 44.9 Å². The molecule has 3 heteroatoms. The summed E-state index contributed by atoms with van der Waals surface area (Å²) in [6, 6.07) is 0. The number of Topliss-reactive ketones (excluding diaryl/α,β-unsaturated/α-hetero) is 1. The monoisotopic (exact) mass is 310 g/mol. The molecule has 1 atom stereocenters. The number of carbonyl (C=O) groups excluding carboxylic acids is 2. The van der Waals surface area contributed by atoms with E-state index in [-0.39, 0.29) is 11.8 Å². The van der Waals surface area contributed by atoms with Crippen LogP contribution in [0.3, 0.4) is 0 Å². The van der Waals surface area contributed by atoms with Gasteiger partial charge in [-0.05, 0) is 26.7 Å². The third-order valence-electron chi connectivity index (χ3n) is 4.92. The van der Waals surface area contributed by atoms with Crippen LogP contribution in [-0.4, -0.2) is 18.4 Å². The molecule has 3 nitrogen and oxygen atoms in total. The van der Waals surface area contributed by atoms with Crippen LogP contribution < -0.4 is 0 Å². The zero-order chi connectivity index (χ0) is 16.3. The second-order valence-corrected chi connectivity index (χ2v) is 6.86. The van der Waals surface area contributed by atoms with E-state index in [1.54, 1.807) is 13.8 Å². The van der Waals surface area contributed by atoms with E-state index < -0.39 is 5.41 Å². The predicted octanol–water partition coefficient (Wildman–Crippen LogP) is 5.21. The Kier molecular flexibility index (Phi) is 9.42. The molecular weight excluding hydrogens is 276 g/mol. The van der Waals surface area contributed by atoms with Crippen molar-refractivity contribution in [3.8, 4) is 0 Å². The number of esters is 1. The van der Waals surface area contributed by atoms with Crippen molar-refractivity contribution in [2.75, 3.05) is 6.61 Å². The molecule has 0 radical (unpaired) electrons. The van der Waals surface area contributed by atoms with E-state index in [9.17, 15) is 9.59 Å². The van der Waals surface area contributed by atoms with Gasteiger partial charge in [-0.15, -0.1) is 0 Å². The van der Waals surface area contributed by atoms with Gasteiger partial charge in [-0.1, -0.05) is 64.2 Å². The van der Waals surface area contributed by atoms with Gasteiger partial charge in [-0.25, -0.2) is 0 Å². The Morgan fingerprint density at radius 3 is 1.86 bits per heavy atom. The van der Waals surface area contributed by atoms with Crippen LogP contribution in [0.4, 0.5) is 0 Å². The number of rotatable bonds is 2. The molecule has 0 heterocycles. The number of hydrogen-bond acceptors (Lipinski definition) is 3. The van der Waals surface area contributed by atoms with Crippen LogP contribution in [0.25, 0.3) is 0 Å². The number of ether oxygens (including phenoxy) is 1. The highest BCUT2D eigenvalue weighted by atomic mass is 16.5. The third-order valence-corrected chi connectivity index (χ3v) is 4.92. The van der Waals surface area contributed by atoms with Crippen molar-refractivity contribution in [1.82, 2.24) is 0 Å². The molecule has 1 unspecified atom stereocenters. The van der Waals surface area contributed by atoms with Gasteiger partial charge in [0.1, 0.15) is 11.2 Å². The third kappa shape index (κ3) is 6.50. The minimum absolute atomic E-state index is 0.0841. The maximum atomic E-state index is 12.6. The van der Waals surface area contributed by atoms with Crippen molar-refractivity contribution in [3.63, 3.8) is 0 Å². The lowest BCUT2D eigenvalue weighted by Gasteiger charge is -2.26. The summed E-state index contributed by atoms with van der Waals surface area (Å²) in [5.41, 5.74) is -0.920. The Morgan fingerprint density at radius 2 is 1.36 bits per heavy atom. The largest absolute Gasteiger partial charge is 0.465 e. The lowest BCUT2D eigenvalue weighted by Crippen LogP contribution is -2.38. The van der Waals surface area contributed by atoms with Crippen LogP contribution in [0, 0.1) is 5.41 Å². The number of ketones is 1. The van der Waals surface area contributed by atoms with E-state index in [0.29, 0.717) is 19.4 Å². The molecule has 0 aromatic heterocycles. The van der Waals surface area contributed by atoms with Crippen LogP contribution in [0.15, 0.2) is 0 Å².